The first kappa shape index (κ1) is 14.0. The van der Waals surface area contributed by atoms with Crippen molar-refractivity contribution in [2.75, 3.05) is 19.8 Å². The fourth-order valence-corrected chi connectivity index (χ4v) is 2.44. The molecule has 19 heavy (non-hydrogen) atoms. The largest absolute Gasteiger partial charge is 0.394 e. The Labute approximate surface area is 113 Å². The van der Waals surface area contributed by atoms with Gasteiger partial charge in [-0.1, -0.05) is 0 Å². The van der Waals surface area contributed by atoms with Crippen LogP contribution in [0.4, 0.5) is 0 Å². The van der Waals surface area contributed by atoms with E-state index in [2.05, 4.69) is 5.10 Å². The predicted octanol–water partition coefficient (Wildman–Crippen LogP) is 0.259. The van der Waals surface area contributed by atoms with Crippen molar-refractivity contribution in [3.05, 3.63) is 17.0 Å². The number of aliphatic hydroxyl groups excluding tert-OH is 1. The Morgan fingerprint density at radius 1 is 1.53 bits per heavy atom. The van der Waals surface area contributed by atoms with Crippen molar-refractivity contribution in [1.82, 2.24) is 14.7 Å². The average molecular weight is 267 g/mol. The molecule has 0 aromatic carbocycles. The smallest absolute Gasteiger partial charge is 0.258 e. The van der Waals surface area contributed by atoms with Crippen LogP contribution in [0.2, 0.25) is 0 Å². The van der Waals surface area contributed by atoms with Crippen LogP contribution < -0.4 is 0 Å². The summed E-state index contributed by atoms with van der Waals surface area (Å²) in [5, 5.41) is 13.5. The van der Waals surface area contributed by atoms with Crippen molar-refractivity contribution in [1.29, 1.82) is 0 Å². The van der Waals surface area contributed by atoms with Gasteiger partial charge in [0.25, 0.3) is 5.91 Å². The lowest BCUT2D eigenvalue weighted by molar-refractivity contribution is -0.0667. The maximum Gasteiger partial charge on any atom is 0.258 e. The molecule has 1 N–H and O–H groups in total. The number of rotatable bonds is 2. The molecule has 2 unspecified atom stereocenters. The molecule has 1 saturated heterocycles. The zero-order valence-electron chi connectivity index (χ0n) is 11.9. The number of aliphatic hydroxyl groups is 1. The third kappa shape index (κ3) is 2.50. The fourth-order valence-electron chi connectivity index (χ4n) is 2.44. The number of hydrogen-bond acceptors (Lipinski definition) is 4. The Bertz CT molecular complexity index is 484. The van der Waals surface area contributed by atoms with E-state index in [-0.39, 0.29) is 24.7 Å². The quantitative estimate of drug-likeness (QED) is 0.834. The van der Waals surface area contributed by atoms with Crippen molar-refractivity contribution in [3.8, 4) is 0 Å². The second-order valence-electron chi connectivity index (χ2n) is 5.11. The summed E-state index contributed by atoms with van der Waals surface area (Å²) in [5.41, 5.74) is 2.26. The number of hydrogen-bond donors (Lipinski definition) is 1. The van der Waals surface area contributed by atoms with Crippen LogP contribution in [-0.2, 0) is 11.8 Å². The van der Waals surface area contributed by atoms with Gasteiger partial charge in [-0.15, -0.1) is 0 Å². The van der Waals surface area contributed by atoms with E-state index in [0.717, 1.165) is 11.4 Å². The Balaban J connectivity index is 2.27. The van der Waals surface area contributed by atoms with E-state index in [4.69, 9.17) is 4.74 Å². The second kappa shape index (κ2) is 5.30. The molecular formula is C13H21N3O3. The molecule has 6 nitrogen and oxygen atoms in total. The molecule has 6 heteroatoms. The minimum atomic E-state index is -0.294. The summed E-state index contributed by atoms with van der Waals surface area (Å²) < 4.78 is 7.18. The van der Waals surface area contributed by atoms with Crippen LogP contribution in [0.15, 0.2) is 0 Å². The minimum absolute atomic E-state index is 0.00862. The molecule has 1 aromatic heterocycles. The van der Waals surface area contributed by atoms with E-state index in [9.17, 15) is 9.90 Å². The average Bonchev–Trinajstić information content (AvgIpc) is 2.63. The Morgan fingerprint density at radius 2 is 2.21 bits per heavy atom. The summed E-state index contributed by atoms with van der Waals surface area (Å²) in [6.45, 7) is 6.49. The first-order chi connectivity index (χ1) is 8.95. The monoisotopic (exact) mass is 267 g/mol. The number of carbonyl (C=O) groups excluding carboxylic acids is 1. The number of nitrogens with zero attached hydrogens (tertiary/aromatic N) is 3. The number of amides is 1. The minimum Gasteiger partial charge on any atom is -0.394 e. The van der Waals surface area contributed by atoms with Gasteiger partial charge in [-0.05, 0) is 20.8 Å². The third-order valence-electron chi connectivity index (χ3n) is 3.69. The topological polar surface area (TPSA) is 67.6 Å². The molecule has 1 aliphatic heterocycles. The molecule has 2 heterocycles. The first-order valence-corrected chi connectivity index (χ1v) is 6.49. The number of ether oxygens (including phenoxy) is 1. The van der Waals surface area contributed by atoms with Crippen molar-refractivity contribution in [2.24, 2.45) is 7.05 Å². The molecule has 1 aliphatic rings. The highest BCUT2D eigenvalue weighted by Gasteiger charge is 2.32. The lowest BCUT2D eigenvalue weighted by Gasteiger charge is -2.37. The molecule has 106 valence electrons. The molecule has 0 aliphatic carbocycles. The molecule has 1 fully saturated rings. The van der Waals surface area contributed by atoms with Gasteiger partial charge in [0.2, 0.25) is 0 Å². The zero-order valence-corrected chi connectivity index (χ0v) is 11.9. The van der Waals surface area contributed by atoms with Gasteiger partial charge >= 0.3 is 0 Å². The molecule has 1 aromatic rings. The summed E-state index contributed by atoms with van der Waals surface area (Å²) >= 11 is 0. The SMILES string of the molecule is Cc1nn(C)c(C)c1C(=O)N1CC(CO)OCC1C. The lowest BCUT2D eigenvalue weighted by Crippen LogP contribution is -2.52. The van der Waals surface area contributed by atoms with Gasteiger partial charge in [-0.2, -0.15) is 5.10 Å². The van der Waals surface area contributed by atoms with E-state index in [0.29, 0.717) is 18.7 Å². The van der Waals surface area contributed by atoms with E-state index < -0.39 is 0 Å². The highest BCUT2D eigenvalue weighted by atomic mass is 16.5. The number of morpholine rings is 1. The van der Waals surface area contributed by atoms with Crippen LogP contribution in [0.3, 0.4) is 0 Å². The van der Waals surface area contributed by atoms with Crippen LogP contribution in [0.1, 0.15) is 28.7 Å². The number of aromatic nitrogens is 2. The molecule has 0 bridgehead atoms. The van der Waals surface area contributed by atoms with Crippen molar-refractivity contribution >= 4 is 5.91 Å². The van der Waals surface area contributed by atoms with Crippen molar-refractivity contribution in [3.63, 3.8) is 0 Å². The van der Waals surface area contributed by atoms with Gasteiger partial charge in [-0.25, -0.2) is 0 Å². The molecule has 0 saturated carbocycles. The molecule has 0 spiro atoms. The highest BCUT2D eigenvalue weighted by molar-refractivity contribution is 5.96. The van der Waals surface area contributed by atoms with Gasteiger partial charge in [0.1, 0.15) is 0 Å². The molecule has 1 amide bonds. The normalized spacial score (nSPS) is 23.7. The van der Waals surface area contributed by atoms with Gasteiger partial charge in [0.05, 0.1) is 36.6 Å². The Kier molecular flexibility index (Phi) is 3.91. The summed E-state index contributed by atoms with van der Waals surface area (Å²) in [5.74, 6) is -0.0302. The molecule has 2 atom stereocenters. The summed E-state index contributed by atoms with van der Waals surface area (Å²) in [7, 11) is 1.83. The van der Waals surface area contributed by atoms with Gasteiger partial charge < -0.3 is 14.7 Å². The second-order valence-corrected chi connectivity index (χ2v) is 5.11. The summed E-state index contributed by atoms with van der Waals surface area (Å²) in [4.78, 5) is 14.4. The standard InChI is InChI=1S/C13H21N3O3/c1-8-7-19-11(6-17)5-16(8)13(18)12-9(2)14-15(4)10(12)3/h8,11,17H,5-7H2,1-4H3. The van der Waals surface area contributed by atoms with E-state index in [1.165, 1.54) is 0 Å². The molecular weight excluding hydrogens is 246 g/mol. The molecule has 2 rings (SSSR count). The van der Waals surface area contributed by atoms with Crippen LogP contribution in [0.5, 0.6) is 0 Å². The van der Waals surface area contributed by atoms with Crippen molar-refractivity contribution in [2.45, 2.75) is 32.9 Å². The fraction of sp³-hybridized carbons (Fsp3) is 0.692. The van der Waals surface area contributed by atoms with Gasteiger partial charge in [-0.3, -0.25) is 9.48 Å². The van der Waals surface area contributed by atoms with Gasteiger partial charge in [0, 0.05) is 19.3 Å². The van der Waals surface area contributed by atoms with Gasteiger partial charge in [0.15, 0.2) is 0 Å². The maximum absolute atomic E-state index is 12.7. The van der Waals surface area contributed by atoms with Crippen molar-refractivity contribution < 1.29 is 14.6 Å². The Hall–Kier alpha value is -1.40. The van der Waals surface area contributed by atoms with Crippen LogP contribution >= 0.6 is 0 Å². The number of aryl methyl sites for hydroxylation is 2. The van der Waals surface area contributed by atoms with Crippen LogP contribution in [-0.4, -0.2) is 57.6 Å². The molecule has 0 radical (unpaired) electrons. The summed E-state index contributed by atoms with van der Waals surface area (Å²) in [6, 6.07) is 0.00862. The third-order valence-corrected chi connectivity index (χ3v) is 3.69. The Morgan fingerprint density at radius 3 is 2.74 bits per heavy atom. The summed E-state index contributed by atoms with van der Waals surface area (Å²) in [6.07, 6.45) is -0.294. The zero-order chi connectivity index (χ0) is 14.2. The highest BCUT2D eigenvalue weighted by Crippen LogP contribution is 2.19. The maximum atomic E-state index is 12.7. The van der Waals surface area contributed by atoms with Crippen LogP contribution in [0.25, 0.3) is 0 Å². The lowest BCUT2D eigenvalue weighted by atomic mass is 10.1. The van der Waals surface area contributed by atoms with Crippen LogP contribution in [0, 0.1) is 13.8 Å². The van der Waals surface area contributed by atoms with E-state index in [1.807, 2.05) is 27.8 Å². The van der Waals surface area contributed by atoms with E-state index in [1.54, 1.807) is 9.58 Å². The predicted molar refractivity (Wildman–Crippen MR) is 70.0 cm³/mol. The number of carbonyl (C=O) groups is 1. The van der Waals surface area contributed by atoms with E-state index >= 15 is 0 Å². The first-order valence-electron chi connectivity index (χ1n) is 6.49.